The summed E-state index contributed by atoms with van der Waals surface area (Å²) in [4.78, 5) is 18.7. The first-order valence-corrected chi connectivity index (χ1v) is 7.51. The van der Waals surface area contributed by atoms with Gasteiger partial charge in [0.25, 0.3) is 0 Å². The molecule has 0 amide bonds. The van der Waals surface area contributed by atoms with E-state index in [1.807, 2.05) is 0 Å². The van der Waals surface area contributed by atoms with Gasteiger partial charge < -0.3 is 20.8 Å². The maximum Gasteiger partial charge on any atom is 0.353 e. The summed E-state index contributed by atoms with van der Waals surface area (Å²) in [5, 5.41) is 17.6. The molecule has 0 radical (unpaired) electrons. The number of furan rings is 1. The van der Waals surface area contributed by atoms with Crippen molar-refractivity contribution in [1.82, 2.24) is 9.97 Å². The first-order chi connectivity index (χ1) is 12.0. The predicted molar refractivity (Wildman–Crippen MR) is 93.9 cm³/mol. The molecule has 0 spiro atoms. The summed E-state index contributed by atoms with van der Waals surface area (Å²) < 4.78 is 5.19. The number of hydrogen-bond acceptors (Lipinski definition) is 8. The van der Waals surface area contributed by atoms with Crippen LogP contribution in [0.3, 0.4) is 0 Å². The maximum atomic E-state index is 11.3. The Kier molecular flexibility index (Phi) is 4.66. The molecule has 128 valence electrons. The minimum Gasteiger partial charge on any atom is -0.467 e. The van der Waals surface area contributed by atoms with Crippen LogP contribution >= 0.6 is 11.6 Å². The summed E-state index contributed by atoms with van der Waals surface area (Å²) in [5.74, 6) is 0.454. The van der Waals surface area contributed by atoms with E-state index in [0.29, 0.717) is 16.5 Å². The van der Waals surface area contributed by atoms with E-state index in [9.17, 15) is 10.1 Å². The van der Waals surface area contributed by atoms with Gasteiger partial charge in [0, 0.05) is 10.7 Å². The highest BCUT2D eigenvalue weighted by atomic mass is 35.5. The Morgan fingerprint density at radius 2 is 2.00 bits per heavy atom. The predicted octanol–water partition coefficient (Wildman–Crippen LogP) is 3.57. The number of nitrogens with one attached hydrogen (secondary N) is 2. The van der Waals surface area contributed by atoms with E-state index in [-0.39, 0.29) is 24.1 Å². The lowest BCUT2D eigenvalue weighted by atomic mass is 10.3. The van der Waals surface area contributed by atoms with Crippen LogP contribution in [0.5, 0.6) is 0 Å². The monoisotopic (exact) mass is 360 g/mol. The molecule has 2 heterocycles. The fourth-order valence-electron chi connectivity index (χ4n) is 2.08. The number of nitrogens with two attached hydrogens (primary N) is 1. The number of anilines is 4. The number of nitro groups is 1. The van der Waals surface area contributed by atoms with Gasteiger partial charge in [0.1, 0.15) is 5.76 Å². The van der Waals surface area contributed by atoms with Crippen LogP contribution < -0.4 is 16.4 Å². The van der Waals surface area contributed by atoms with Crippen molar-refractivity contribution in [3.63, 3.8) is 0 Å². The van der Waals surface area contributed by atoms with Crippen LogP contribution in [0.2, 0.25) is 5.02 Å². The van der Waals surface area contributed by atoms with Gasteiger partial charge in [-0.3, -0.25) is 10.1 Å². The topological polar surface area (TPSA) is 132 Å². The lowest BCUT2D eigenvalue weighted by Crippen LogP contribution is -2.10. The standard InChI is InChI=1S/C15H13ClN6O3/c16-9-3-5-10(6-4-9)19-15-20-13(17)12(22(23)24)14(21-15)18-8-11-2-1-7-25-11/h1-7H,8H2,(H4,17,18,19,20,21). The Morgan fingerprint density at radius 1 is 1.24 bits per heavy atom. The molecule has 0 saturated carbocycles. The van der Waals surface area contributed by atoms with Crippen molar-refractivity contribution in [2.45, 2.75) is 6.54 Å². The Balaban J connectivity index is 1.89. The zero-order valence-corrected chi connectivity index (χ0v) is 13.5. The van der Waals surface area contributed by atoms with Gasteiger partial charge in [-0.2, -0.15) is 9.97 Å². The molecule has 3 rings (SSSR count). The van der Waals surface area contributed by atoms with Gasteiger partial charge in [0.2, 0.25) is 17.6 Å². The molecular formula is C15H13ClN6O3. The van der Waals surface area contributed by atoms with E-state index >= 15 is 0 Å². The number of nitrogens with zero attached hydrogens (tertiary/aromatic N) is 3. The average Bonchev–Trinajstić information content (AvgIpc) is 3.08. The normalized spacial score (nSPS) is 10.4. The summed E-state index contributed by atoms with van der Waals surface area (Å²) in [6.07, 6.45) is 1.51. The summed E-state index contributed by atoms with van der Waals surface area (Å²) in [6, 6.07) is 10.3. The van der Waals surface area contributed by atoms with Crippen LogP contribution in [-0.2, 0) is 6.54 Å². The molecule has 0 bridgehead atoms. The zero-order valence-electron chi connectivity index (χ0n) is 12.8. The van der Waals surface area contributed by atoms with E-state index in [0.717, 1.165) is 0 Å². The van der Waals surface area contributed by atoms with Crippen molar-refractivity contribution in [3.8, 4) is 0 Å². The van der Waals surface area contributed by atoms with Gasteiger partial charge in [-0.15, -0.1) is 0 Å². The Morgan fingerprint density at radius 3 is 2.64 bits per heavy atom. The molecule has 9 nitrogen and oxygen atoms in total. The van der Waals surface area contributed by atoms with Crippen LogP contribution in [0.25, 0.3) is 0 Å². The fraction of sp³-hybridized carbons (Fsp3) is 0.0667. The molecule has 0 saturated heterocycles. The van der Waals surface area contributed by atoms with E-state index in [1.165, 1.54) is 6.26 Å². The summed E-state index contributed by atoms with van der Waals surface area (Å²) in [6.45, 7) is 0.213. The highest BCUT2D eigenvalue weighted by Gasteiger charge is 2.23. The highest BCUT2D eigenvalue weighted by molar-refractivity contribution is 6.30. The first-order valence-electron chi connectivity index (χ1n) is 7.13. The van der Waals surface area contributed by atoms with E-state index in [2.05, 4.69) is 20.6 Å². The highest BCUT2D eigenvalue weighted by Crippen LogP contribution is 2.30. The Bertz CT molecular complexity index is 883. The molecule has 2 aromatic heterocycles. The Labute approximate surface area is 147 Å². The Hall–Kier alpha value is -3.33. The summed E-state index contributed by atoms with van der Waals surface area (Å²) in [5.41, 5.74) is 6.00. The van der Waals surface area contributed by atoms with Gasteiger partial charge in [-0.1, -0.05) is 11.6 Å². The van der Waals surface area contributed by atoms with E-state index < -0.39 is 10.6 Å². The molecule has 25 heavy (non-hydrogen) atoms. The maximum absolute atomic E-state index is 11.3. The molecule has 4 N–H and O–H groups in total. The second-order valence-corrected chi connectivity index (χ2v) is 5.39. The molecule has 0 aliphatic rings. The van der Waals surface area contributed by atoms with Crippen molar-refractivity contribution in [3.05, 3.63) is 63.6 Å². The largest absolute Gasteiger partial charge is 0.467 e. The molecule has 0 aliphatic carbocycles. The van der Waals surface area contributed by atoms with Gasteiger partial charge in [0.15, 0.2) is 0 Å². The second kappa shape index (κ2) is 7.05. The third kappa shape index (κ3) is 3.96. The average molecular weight is 361 g/mol. The van der Waals surface area contributed by atoms with Gasteiger partial charge >= 0.3 is 5.69 Å². The fourth-order valence-corrected chi connectivity index (χ4v) is 2.20. The number of rotatable bonds is 6. The number of aromatic nitrogens is 2. The van der Waals surface area contributed by atoms with Crippen LogP contribution in [0.1, 0.15) is 5.76 Å². The summed E-state index contributed by atoms with van der Waals surface area (Å²) in [7, 11) is 0. The van der Waals surface area contributed by atoms with Crippen molar-refractivity contribution >= 4 is 40.6 Å². The smallest absolute Gasteiger partial charge is 0.353 e. The number of nitrogen functional groups attached to an aromatic ring is 1. The van der Waals surface area contributed by atoms with Crippen molar-refractivity contribution in [2.24, 2.45) is 0 Å². The van der Waals surface area contributed by atoms with Crippen LogP contribution in [-0.4, -0.2) is 14.9 Å². The minimum atomic E-state index is -0.633. The number of halogens is 1. The lowest BCUT2D eigenvalue weighted by Gasteiger charge is -2.10. The third-order valence-electron chi connectivity index (χ3n) is 3.20. The quantitative estimate of drug-likeness (QED) is 0.449. The summed E-state index contributed by atoms with van der Waals surface area (Å²) >= 11 is 5.84. The first kappa shape index (κ1) is 16.5. The second-order valence-electron chi connectivity index (χ2n) is 4.95. The molecule has 10 heteroatoms. The minimum absolute atomic E-state index is 0.00892. The van der Waals surface area contributed by atoms with E-state index in [4.69, 9.17) is 21.8 Å². The van der Waals surface area contributed by atoms with Crippen LogP contribution in [0, 0.1) is 10.1 Å². The third-order valence-corrected chi connectivity index (χ3v) is 3.46. The number of benzene rings is 1. The van der Waals surface area contributed by atoms with Gasteiger partial charge in [-0.25, -0.2) is 0 Å². The van der Waals surface area contributed by atoms with Crippen LogP contribution in [0.15, 0.2) is 47.1 Å². The molecule has 0 fully saturated rings. The van der Waals surface area contributed by atoms with Crippen LogP contribution in [0.4, 0.5) is 29.0 Å². The van der Waals surface area contributed by atoms with Gasteiger partial charge in [0.05, 0.1) is 17.7 Å². The van der Waals surface area contributed by atoms with Crippen molar-refractivity contribution < 1.29 is 9.34 Å². The molecular weight excluding hydrogens is 348 g/mol. The SMILES string of the molecule is Nc1nc(Nc2ccc(Cl)cc2)nc(NCc2ccco2)c1[N+](=O)[O-]. The number of hydrogen-bond donors (Lipinski definition) is 3. The molecule has 0 unspecified atom stereocenters. The zero-order chi connectivity index (χ0) is 17.8. The molecule has 1 aromatic carbocycles. The lowest BCUT2D eigenvalue weighted by molar-refractivity contribution is -0.383. The molecule has 0 aliphatic heterocycles. The van der Waals surface area contributed by atoms with Gasteiger partial charge in [-0.05, 0) is 36.4 Å². The van der Waals surface area contributed by atoms with Crippen molar-refractivity contribution in [2.75, 3.05) is 16.4 Å². The van der Waals surface area contributed by atoms with E-state index in [1.54, 1.807) is 36.4 Å². The van der Waals surface area contributed by atoms with Crippen molar-refractivity contribution in [1.29, 1.82) is 0 Å². The molecule has 0 atom stereocenters. The molecule has 3 aromatic rings.